The molecule has 21 heavy (non-hydrogen) atoms. The normalized spacial score (nSPS) is 11.4. The van der Waals surface area contributed by atoms with E-state index in [1.807, 2.05) is 6.92 Å². The Balaban J connectivity index is 2.46. The largest absolute Gasteiger partial charge is 0.398 e. The third-order valence-corrected chi connectivity index (χ3v) is 5.73. The summed E-state index contributed by atoms with van der Waals surface area (Å²) in [4.78, 5) is -0.186. The molecule has 0 aliphatic carbocycles. The molecule has 0 aromatic heterocycles. The second-order valence-corrected chi connectivity index (χ2v) is 7.69. The van der Waals surface area contributed by atoms with Gasteiger partial charge in [0.1, 0.15) is 4.90 Å². The van der Waals surface area contributed by atoms with Gasteiger partial charge >= 0.3 is 0 Å². The predicted molar refractivity (Wildman–Crippen MR) is 90.6 cm³/mol. The molecule has 0 radical (unpaired) electrons. The first-order valence-electron chi connectivity index (χ1n) is 5.74. The van der Waals surface area contributed by atoms with Crippen molar-refractivity contribution < 1.29 is 8.42 Å². The number of sulfonamides is 1. The predicted octanol–water partition coefficient (Wildman–Crippen LogP) is 4.45. The van der Waals surface area contributed by atoms with Gasteiger partial charge in [0, 0.05) is 15.2 Å². The molecule has 8 heteroatoms. The van der Waals surface area contributed by atoms with Crippen molar-refractivity contribution in [2.75, 3.05) is 10.5 Å². The molecule has 0 amide bonds. The van der Waals surface area contributed by atoms with Gasteiger partial charge < -0.3 is 5.73 Å². The summed E-state index contributed by atoms with van der Waals surface area (Å²) in [5.74, 6) is 0. The quantitative estimate of drug-likeness (QED) is 0.735. The molecule has 112 valence electrons. The van der Waals surface area contributed by atoms with Crippen molar-refractivity contribution >= 4 is 60.5 Å². The standard InChI is InChI=1S/C13H11BrCl2N2O2S/c1-7-4-9(2-3-10(7)14)18-21(19,20)13-11(16)5-8(15)6-12(13)17/h2-6,18H,17H2,1H3. The first-order chi connectivity index (χ1) is 9.70. The van der Waals surface area contributed by atoms with E-state index in [4.69, 9.17) is 28.9 Å². The molecule has 0 saturated heterocycles. The van der Waals surface area contributed by atoms with Gasteiger partial charge in [-0.1, -0.05) is 39.1 Å². The molecular formula is C13H11BrCl2N2O2S. The molecule has 2 rings (SSSR count). The number of hydrogen-bond acceptors (Lipinski definition) is 3. The monoisotopic (exact) mass is 408 g/mol. The van der Waals surface area contributed by atoms with E-state index >= 15 is 0 Å². The van der Waals surface area contributed by atoms with Crippen LogP contribution in [0.3, 0.4) is 0 Å². The SMILES string of the molecule is Cc1cc(NS(=O)(=O)c2c(N)cc(Cl)cc2Cl)ccc1Br. The lowest BCUT2D eigenvalue weighted by molar-refractivity contribution is 0.601. The summed E-state index contributed by atoms with van der Waals surface area (Å²) < 4.78 is 28.2. The van der Waals surface area contributed by atoms with Gasteiger partial charge in [-0.05, 0) is 42.8 Å². The maximum Gasteiger partial charge on any atom is 0.265 e. The van der Waals surface area contributed by atoms with Crippen molar-refractivity contribution in [1.29, 1.82) is 0 Å². The van der Waals surface area contributed by atoms with Crippen molar-refractivity contribution in [3.05, 3.63) is 50.4 Å². The van der Waals surface area contributed by atoms with Crippen LogP contribution in [0, 0.1) is 6.92 Å². The summed E-state index contributed by atoms with van der Waals surface area (Å²) in [6.45, 7) is 1.85. The highest BCUT2D eigenvalue weighted by molar-refractivity contribution is 9.10. The highest BCUT2D eigenvalue weighted by Crippen LogP contribution is 2.32. The van der Waals surface area contributed by atoms with Crippen molar-refractivity contribution in [2.24, 2.45) is 0 Å². The van der Waals surface area contributed by atoms with Gasteiger partial charge in [0.25, 0.3) is 10.0 Å². The molecule has 2 aromatic carbocycles. The lowest BCUT2D eigenvalue weighted by Gasteiger charge is -2.13. The van der Waals surface area contributed by atoms with E-state index < -0.39 is 10.0 Å². The second kappa shape index (κ2) is 6.04. The number of hydrogen-bond donors (Lipinski definition) is 2. The lowest BCUT2D eigenvalue weighted by Crippen LogP contribution is -2.15. The highest BCUT2D eigenvalue weighted by Gasteiger charge is 2.22. The van der Waals surface area contributed by atoms with Crippen LogP contribution in [0.1, 0.15) is 5.56 Å². The fourth-order valence-electron chi connectivity index (χ4n) is 1.78. The van der Waals surface area contributed by atoms with Crippen LogP contribution in [0.25, 0.3) is 0 Å². The first-order valence-corrected chi connectivity index (χ1v) is 8.77. The summed E-state index contributed by atoms with van der Waals surface area (Å²) in [7, 11) is -3.90. The summed E-state index contributed by atoms with van der Waals surface area (Å²) in [5, 5.41) is 0.247. The van der Waals surface area contributed by atoms with Crippen LogP contribution in [-0.2, 0) is 10.0 Å². The van der Waals surface area contributed by atoms with E-state index in [-0.39, 0.29) is 20.6 Å². The number of nitrogen functional groups attached to an aromatic ring is 1. The minimum atomic E-state index is -3.90. The van der Waals surface area contributed by atoms with Gasteiger partial charge in [0.2, 0.25) is 0 Å². The van der Waals surface area contributed by atoms with E-state index in [1.54, 1.807) is 18.2 Å². The fraction of sp³-hybridized carbons (Fsp3) is 0.0769. The number of nitrogens with one attached hydrogen (secondary N) is 1. The summed E-state index contributed by atoms with van der Waals surface area (Å²) in [6, 6.07) is 7.76. The van der Waals surface area contributed by atoms with E-state index in [9.17, 15) is 8.42 Å². The van der Waals surface area contributed by atoms with E-state index in [0.717, 1.165) is 10.0 Å². The molecule has 0 aliphatic rings. The minimum absolute atomic E-state index is 0.00571. The Labute approximate surface area is 141 Å². The number of halogens is 3. The fourth-order valence-corrected chi connectivity index (χ4v) is 4.06. The van der Waals surface area contributed by atoms with Crippen LogP contribution >= 0.6 is 39.1 Å². The van der Waals surface area contributed by atoms with Crippen molar-refractivity contribution in [3.63, 3.8) is 0 Å². The van der Waals surface area contributed by atoms with Gasteiger partial charge in [0.15, 0.2) is 0 Å². The summed E-state index contributed by atoms with van der Waals surface area (Å²) in [5.41, 5.74) is 7.03. The van der Waals surface area contributed by atoms with Crippen LogP contribution in [0.5, 0.6) is 0 Å². The third kappa shape index (κ3) is 3.63. The third-order valence-electron chi connectivity index (χ3n) is 2.72. The van der Waals surface area contributed by atoms with E-state index in [0.29, 0.717) is 5.69 Å². The zero-order valence-corrected chi connectivity index (χ0v) is 14.7. The molecule has 0 atom stereocenters. The van der Waals surface area contributed by atoms with Gasteiger partial charge in [-0.3, -0.25) is 4.72 Å². The van der Waals surface area contributed by atoms with E-state index in [2.05, 4.69) is 20.7 Å². The first kappa shape index (κ1) is 16.4. The summed E-state index contributed by atoms with van der Waals surface area (Å²) >= 11 is 15.1. The topological polar surface area (TPSA) is 72.2 Å². The number of anilines is 2. The average molecular weight is 410 g/mol. The molecule has 0 heterocycles. The number of aryl methyl sites for hydroxylation is 1. The van der Waals surface area contributed by atoms with Crippen LogP contribution in [-0.4, -0.2) is 8.42 Å². The van der Waals surface area contributed by atoms with Gasteiger partial charge in [-0.15, -0.1) is 0 Å². The van der Waals surface area contributed by atoms with Gasteiger partial charge in [-0.2, -0.15) is 0 Å². The minimum Gasteiger partial charge on any atom is -0.398 e. The zero-order valence-electron chi connectivity index (χ0n) is 10.8. The summed E-state index contributed by atoms with van der Waals surface area (Å²) in [6.07, 6.45) is 0. The Morgan fingerprint density at radius 2 is 1.86 bits per heavy atom. The molecule has 0 bridgehead atoms. The molecular weight excluding hydrogens is 399 g/mol. The molecule has 0 unspecified atom stereocenters. The number of rotatable bonds is 3. The smallest absolute Gasteiger partial charge is 0.265 e. The van der Waals surface area contributed by atoms with Crippen molar-refractivity contribution in [3.8, 4) is 0 Å². The maximum absolute atomic E-state index is 12.4. The average Bonchev–Trinajstić information content (AvgIpc) is 2.31. The molecule has 3 N–H and O–H groups in total. The van der Waals surface area contributed by atoms with Crippen LogP contribution in [0.15, 0.2) is 39.7 Å². The van der Waals surface area contributed by atoms with Gasteiger partial charge in [-0.25, -0.2) is 8.42 Å². The zero-order chi connectivity index (χ0) is 15.8. The molecule has 0 fully saturated rings. The van der Waals surface area contributed by atoms with E-state index in [1.165, 1.54) is 12.1 Å². The molecule has 0 spiro atoms. The van der Waals surface area contributed by atoms with Crippen molar-refractivity contribution in [2.45, 2.75) is 11.8 Å². The Bertz CT molecular complexity index is 787. The Kier molecular flexibility index (Phi) is 4.72. The second-order valence-electron chi connectivity index (χ2n) is 4.38. The molecule has 4 nitrogen and oxygen atoms in total. The number of benzene rings is 2. The van der Waals surface area contributed by atoms with Crippen LogP contribution in [0.4, 0.5) is 11.4 Å². The maximum atomic E-state index is 12.4. The van der Waals surface area contributed by atoms with Crippen molar-refractivity contribution in [1.82, 2.24) is 0 Å². The molecule has 2 aromatic rings. The lowest BCUT2D eigenvalue weighted by atomic mass is 10.2. The molecule has 0 aliphatic heterocycles. The van der Waals surface area contributed by atoms with Crippen LogP contribution in [0.2, 0.25) is 10.0 Å². The Morgan fingerprint density at radius 3 is 2.43 bits per heavy atom. The molecule has 0 saturated carbocycles. The Hall–Kier alpha value is -0.950. The Morgan fingerprint density at radius 1 is 1.19 bits per heavy atom. The highest BCUT2D eigenvalue weighted by atomic mass is 79.9. The van der Waals surface area contributed by atoms with Gasteiger partial charge in [0.05, 0.1) is 10.7 Å². The number of nitrogens with two attached hydrogens (primary N) is 1. The van der Waals surface area contributed by atoms with Crippen LogP contribution < -0.4 is 10.5 Å².